The van der Waals surface area contributed by atoms with E-state index in [4.69, 9.17) is 10.5 Å². The summed E-state index contributed by atoms with van der Waals surface area (Å²) in [6.45, 7) is 0. The highest BCUT2D eigenvalue weighted by molar-refractivity contribution is 5.41. The molecule has 3 N–H and O–H groups in total. The van der Waals surface area contributed by atoms with Crippen molar-refractivity contribution >= 4 is 0 Å². The molecule has 0 aliphatic heterocycles. The van der Waals surface area contributed by atoms with Crippen molar-refractivity contribution < 1.29 is 14.2 Å². The van der Waals surface area contributed by atoms with Crippen molar-refractivity contribution in [1.82, 2.24) is 0 Å². The molecular formula is C14H14FNO2. The summed E-state index contributed by atoms with van der Waals surface area (Å²) in [7, 11) is 1.58. The molecule has 94 valence electrons. The maximum atomic E-state index is 13.2. The molecule has 1 atom stereocenters. The predicted molar refractivity (Wildman–Crippen MR) is 67.1 cm³/mol. The Morgan fingerprint density at radius 2 is 1.83 bits per heavy atom. The van der Waals surface area contributed by atoms with Crippen LogP contribution in [0.1, 0.15) is 17.2 Å². The maximum Gasteiger partial charge on any atom is 0.123 e. The largest absolute Gasteiger partial charge is 0.508 e. The van der Waals surface area contributed by atoms with Crippen molar-refractivity contribution in [2.45, 2.75) is 6.04 Å². The van der Waals surface area contributed by atoms with Crippen LogP contribution in [-0.2, 0) is 0 Å². The fourth-order valence-corrected chi connectivity index (χ4v) is 1.77. The lowest BCUT2D eigenvalue weighted by molar-refractivity contribution is 0.414. The molecule has 0 fully saturated rings. The highest BCUT2D eigenvalue weighted by Gasteiger charge is 2.14. The Bertz CT molecular complexity index is 540. The first-order valence-electron chi connectivity index (χ1n) is 5.50. The summed E-state index contributed by atoms with van der Waals surface area (Å²) in [5.41, 5.74) is 7.15. The second-order valence-electron chi connectivity index (χ2n) is 3.95. The van der Waals surface area contributed by atoms with E-state index in [-0.39, 0.29) is 5.75 Å². The topological polar surface area (TPSA) is 55.5 Å². The number of benzene rings is 2. The average Bonchev–Trinajstić information content (AvgIpc) is 2.41. The first-order valence-corrected chi connectivity index (χ1v) is 5.50. The van der Waals surface area contributed by atoms with E-state index >= 15 is 0 Å². The molecule has 2 rings (SSSR count). The molecule has 2 aromatic rings. The fraction of sp³-hybridized carbons (Fsp3) is 0.143. The zero-order valence-electron chi connectivity index (χ0n) is 9.93. The predicted octanol–water partition coefficient (Wildman–Crippen LogP) is 2.59. The van der Waals surface area contributed by atoms with Crippen molar-refractivity contribution in [3.8, 4) is 11.5 Å². The number of ether oxygens (including phenoxy) is 1. The van der Waals surface area contributed by atoms with E-state index in [2.05, 4.69) is 0 Å². The first-order chi connectivity index (χ1) is 8.61. The van der Waals surface area contributed by atoms with Gasteiger partial charge in [-0.3, -0.25) is 0 Å². The molecule has 0 heterocycles. The summed E-state index contributed by atoms with van der Waals surface area (Å²) in [6, 6.07) is 10.3. The maximum absolute atomic E-state index is 13.2. The lowest BCUT2D eigenvalue weighted by Gasteiger charge is -2.14. The van der Waals surface area contributed by atoms with E-state index in [9.17, 15) is 9.50 Å². The van der Waals surface area contributed by atoms with Gasteiger partial charge in [0.05, 0.1) is 13.2 Å². The Morgan fingerprint density at radius 3 is 2.44 bits per heavy atom. The standard InChI is InChI=1S/C14H14FNO2/c1-18-11-5-2-9(3-6-11)14(16)12-8-10(15)4-7-13(12)17/h2-8,14,17H,16H2,1H3. The monoisotopic (exact) mass is 247 g/mol. The highest BCUT2D eigenvalue weighted by atomic mass is 19.1. The van der Waals surface area contributed by atoms with Gasteiger partial charge in [0, 0.05) is 5.56 Å². The number of nitrogens with two attached hydrogens (primary N) is 1. The van der Waals surface area contributed by atoms with E-state index in [1.54, 1.807) is 31.4 Å². The Labute approximate surface area is 105 Å². The van der Waals surface area contributed by atoms with Crippen LogP contribution in [0.2, 0.25) is 0 Å². The number of hydrogen-bond acceptors (Lipinski definition) is 3. The number of hydrogen-bond donors (Lipinski definition) is 2. The second kappa shape index (κ2) is 5.06. The molecule has 1 unspecified atom stereocenters. The van der Waals surface area contributed by atoms with E-state index in [0.717, 1.165) is 11.3 Å². The normalized spacial score (nSPS) is 12.2. The zero-order valence-corrected chi connectivity index (χ0v) is 9.93. The number of halogens is 1. The van der Waals surface area contributed by atoms with Crippen LogP contribution in [0.3, 0.4) is 0 Å². The summed E-state index contributed by atoms with van der Waals surface area (Å²) < 4.78 is 18.2. The molecule has 3 nitrogen and oxygen atoms in total. The third kappa shape index (κ3) is 2.43. The van der Waals surface area contributed by atoms with Crippen molar-refractivity contribution in [2.75, 3.05) is 7.11 Å². The molecule has 0 spiro atoms. The van der Waals surface area contributed by atoms with E-state index in [1.165, 1.54) is 18.2 Å². The Kier molecular flexibility index (Phi) is 3.48. The highest BCUT2D eigenvalue weighted by Crippen LogP contribution is 2.28. The molecule has 0 aliphatic rings. The van der Waals surface area contributed by atoms with Crippen LogP contribution in [0.5, 0.6) is 11.5 Å². The minimum atomic E-state index is -0.577. The summed E-state index contributed by atoms with van der Waals surface area (Å²) in [4.78, 5) is 0. The molecule has 0 aliphatic carbocycles. The van der Waals surface area contributed by atoms with Gasteiger partial charge in [0.1, 0.15) is 17.3 Å². The van der Waals surface area contributed by atoms with Crippen LogP contribution in [0.15, 0.2) is 42.5 Å². The summed E-state index contributed by atoms with van der Waals surface area (Å²) in [5, 5.41) is 9.70. The number of aromatic hydroxyl groups is 1. The van der Waals surface area contributed by atoms with Gasteiger partial charge in [0.2, 0.25) is 0 Å². The number of phenolic OH excluding ortho intramolecular Hbond substituents is 1. The van der Waals surface area contributed by atoms with Gasteiger partial charge >= 0.3 is 0 Å². The van der Waals surface area contributed by atoms with E-state index in [0.29, 0.717) is 5.56 Å². The second-order valence-corrected chi connectivity index (χ2v) is 3.95. The van der Waals surface area contributed by atoms with Crippen LogP contribution in [0.25, 0.3) is 0 Å². The molecule has 0 radical (unpaired) electrons. The molecule has 4 heteroatoms. The summed E-state index contributed by atoms with van der Waals surface area (Å²) >= 11 is 0. The third-order valence-electron chi connectivity index (χ3n) is 2.80. The van der Waals surface area contributed by atoms with Crippen molar-refractivity contribution in [3.05, 3.63) is 59.4 Å². The molecule has 0 aromatic heterocycles. The molecule has 18 heavy (non-hydrogen) atoms. The Balaban J connectivity index is 2.34. The summed E-state index contributed by atoms with van der Waals surface area (Å²) in [6.07, 6.45) is 0. The SMILES string of the molecule is COc1ccc(C(N)c2cc(F)ccc2O)cc1. The lowest BCUT2D eigenvalue weighted by atomic mass is 9.98. The van der Waals surface area contributed by atoms with Gasteiger partial charge in [-0.15, -0.1) is 0 Å². The minimum absolute atomic E-state index is 0.0141. The Hall–Kier alpha value is -2.07. The van der Waals surface area contributed by atoms with Crippen molar-refractivity contribution in [1.29, 1.82) is 0 Å². The van der Waals surface area contributed by atoms with Gasteiger partial charge in [-0.25, -0.2) is 4.39 Å². The van der Waals surface area contributed by atoms with Gasteiger partial charge in [-0.1, -0.05) is 12.1 Å². The fourth-order valence-electron chi connectivity index (χ4n) is 1.77. The van der Waals surface area contributed by atoms with Crippen LogP contribution >= 0.6 is 0 Å². The average molecular weight is 247 g/mol. The summed E-state index contributed by atoms with van der Waals surface area (Å²) in [5.74, 6) is 0.279. The number of rotatable bonds is 3. The molecular weight excluding hydrogens is 233 g/mol. The molecule has 2 aromatic carbocycles. The minimum Gasteiger partial charge on any atom is -0.508 e. The van der Waals surface area contributed by atoms with Crippen LogP contribution < -0.4 is 10.5 Å². The molecule has 0 saturated heterocycles. The van der Waals surface area contributed by atoms with Gasteiger partial charge in [0.15, 0.2) is 0 Å². The van der Waals surface area contributed by atoms with Gasteiger partial charge < -0.3 is 15.6 Å². The van der Waals surface area contributed by atoms with Gasteiger partial charge in [-0.05, 0) is 35.9 Å². The van der Waals surface area contributed by atoms with Crippen LogP contribution in [0.4, 0.5) is 4.39 Å². The van der Waals surface area contributed by atoms with E-state index < -0.39 is 11.9 Å². The van der Waals surface area contributed by atoms with Crippen LogP contribution in [-0.4, -0.2) is 12.2 Å². The smallest absolute Gasteiger partial charge is 0.123 e. The lowest BCUT2D eigenvalue weighted by Crippen LogP contribution is -2.12. The van der Waals surface area contributed by atoms with Gasteiger partial charge in [-0.2, -0.15) is 0 Å². The Morgan fingerprint density at radius 1 is 1.17 bits per heavy atom. The number of methoxy groups -OCH3 is 1. The van der Waals surface area contributed by atoms with Crippen molar-refractivity contribution in [3.63, 3.8) is 0 Å². The molecule has 0 saturated carbocycles. The first kappa shape index (κ1) is 12.4. The number of phenols is 1. The zero-order chi connectivity index (χ0) is 13.1. The third-order valence-corrected chi connectivity index (χ3v) is 2.80. The quantitative estimate of drug-likeness (QED) is 0.876. The van der Waals surface area contributed by atoms with E-state index in [1.807, 2.05) is 0 Å². The van der Waals surface area contributed by atoms with Crippen LogP contribution in [0, 0.1) is 5.82 Å². The van der Waals surface area contributed by atoms with Gasteiger partial charge in [0.25, 0.3) is 0 Å². The molecule has 0 amide bonds. The van der Waals surface area contributed by atoms with Crippen molar-refractivity contribution in [2.24, 2.45) is 5.73 Å². The molecule has 0 bridgehead atoms.